The van der Waals surface area contributed by atoms with Crippen molar-refractivity contribution in [3.63, 3.8) is 0 Å². The van der Waals surface area contributed by atoms with Crippen molar-refractivity contribution < 1.29 is 4.79 Å². The average molecular weight is 345 g/mol. The van der Waals surface area contributed by atoms with Crippen LogP contribution in [0, 0.1) is 0 Å². The summed E-state index contributed by atoms with van der Waals surface area (Å²) in [5.74, 6) is 0.131. The number of likely N-dealkylation sites (N-methyl/N-ethyl adjacent to an activating group) is 1. The van der Waals surface area contributed by atoms with Gasteiger partial charge in [-0.25, -0.2) is 0 Å². The largest absolute Gasteiger partial charge is 0.373 e. The van der Waals surface area contributed by atoms with Gasteiger partial charge in [-0.15, -0.1) is 0 Å². The highest BCUT2D eigenvalue weighted by molar-refractivity contribution is 9.10. The number of hydrogen-bond donors (Lipinski definition) is 1. The minimum Gasteiger partial charge on any atom is -0.373 e. The molecule has 0 saturated carbocycles. The second-order valence-corrected chi connectivity index (χ2v) is 6.30. The number of benzene rings is 2. The van der Waals surface area contributed by atoms with E-state index in [1.807, 2.05) is 49.5 Å². The summed E-state index contributed by atoms with van der Waals surface area (Å²) < 4.78 is 1.03. The van der Waals surface area contributed by atoms with Crippen molar-refractivity contribution in [2.75, 3.05) is 12.4 Å². The van der Waals surface area contributed by atoms with Crippen LogP contribution in [0.1, 0.15) is 11.1 Å². The van der Waals surface area contributed by atoms with Crippen LogP contribution in [0.5, 0.6) is 0 Å². The van der Waals surface area contributed by atoms with E-state index in [1.165, 1.54) is 5.56 Å². The highest BCUT2D eigenvalue weighted by Gasteiger charge is 2.28. The highest BCUT2D eigenvalue weighted by atomic mass is 79.9. The molecular formula is C17H17BrN2O. The van der Waals surface area contributed by atoms with Crippen LogP contribution in [0.4, 0.5) is 5.69 Å². The predicted molar refractivity (Wildman–Crippen MR) is 88.2 cm³/mol. The van der Waals surface area contributed by atoms with Crippen LogP contribution in [0.25, 0.3) is 0 Å². The molecule has 1 amide bonds. The zero-order valence-electron chi connectivity index (χ0n) is 11.8. The van der Waals surface area contributed by atoms with Crippen LogP contribution in [0.15, 0.2) is 53.0 Å². The Labute approximate surface area is 133 Å². The maximum atomic E-state index is 12.6. The van der Waals surface area contributed by atoms with Gasteiger partial charge in [-0.3, -0.25) is 4.79 Å². The van der Waals surface area contributed by atoms with Crippen molar-refractivity contribution in [1.29, 1.82) is 0 Å². The predicted octanol–water partition coefficient (Wildman–Crippen LogP) is 3.44. The molecule has 0 fully saturated rings. The molecule has 0 bridgehead atoms. The van der Waals surface area contributed by atoms with Gasteiger partial charge >= 0.3 is 0 Å². The molecule has 0 unspecified atom stereocenters. The summed E-state index contributed by atoms with van der Waals surface area (Å²) in [5.41, 5.74) is 3.41. The first-order valence-corrected chi connectivity index (χ1v) is 7.76. The number of amides is 1. The monoisotopic (exact) mass is 344 g/mol. The number of anilines is 1. The summed E-state index contributed by atoms with van der Waals surface area (Å²) >= 11 is 3.46. The molecule has 1 aliphatic heterocycles. The lowest BCUT2D eigenvalue weighted by molar-refractivity contribution is -0.131. The van der Waals surface area contributed by atoms with Gasteiger partial charge in [0.2, 0.25) is 5.91 Å². The zero-order valence-corrected chi connectivity index (χ0v) is 13.4. The molecule has 108 valence electrons. The number of fused-ring (bicyclic) bond motifs is 1. The van der Waals surface area contributed by atoms with Crippen LogP contribution in [0.3, 0.4) is 0 Å². The van der Waals surface area contributed by atoms with Crippen LogP contribution in [-0.2, 0) is 17.8 Å². The Morgan fingerprint density at radius 2 is 2.10 bits per heavy atom. The fraction of sp³-hybridized carbons (Fsp3) is 0.235. The lowest BCUT2D eigenvalue weighted by Gasteiger charge is -2.21. The van der Waals surface area contributed by atoms with E-state index < -0.39 is 0 Å². The van der Waals surface area contributed by atoms with Gasteiger partial charge < -0.3 is 10.2 Å². The minimum atomic E-state index is -0.153. The molecule has 1 atom stereocenters. The van der Waals surface area contributed by atoms with Gasteiger partial charge in [0.15, 0.2) is 0 Å². The first kappa shape index (κ1) is 14.1. The molecule has 4 heteroatoms. The summed E-state index contributed by atoms with van der Waals surface area (Å²) in [6, 6.07) is 16.0. The van der Waals surface area contributed by atoms with E-state index in [2.05, 4.69) is 27.3 Å². The number of nitrogens with zero attached hydrogens (tertiary/aromatic N) is 1. The second kappa shape index (κ2) is 5.90. The summed E-state index contributed by atoms with van der Waals surface area (Å²) in [4.78, 5) is 14.3. The Hall–Kier alpha value is -1.81. The van der Waals surface area contributed by atoms with Crippen LogP contribution in [0.2, 0.25) is 0 Å². The van der Waals surface area contributed by atoms with E-state index >= 15 is 0 Å². The van der Waals surface area contributed by atoms with E-state index in [9.17, 15) is 4.79 Å². The van der Waals surface area contributed by atoms with Crippen molar-refractivity contribution in [2.45, 2.75) is 19.0 Å². The minimum absolute atomic E-state index is 0.131. The van der Waals surface area contributed by atoms with Crippen molar-refractivity contribution >= 4 is 27.5 Å². The smallest absolute Gasteiger partial charge is 0.245 e. The topological polar surface area (TPSA) is 32.3 Å². The van der Waals surface area contributed by atoms with Crippen LogP contribution >= 0.6 is 15.9 Å². The van der Waals surface area contributed by atoms with E-state index in [-0.39, 0.29) is 11.9 Å². The van der Waals surface area contributed by atoms with Gasteiger partial charge in [0, 0.05) is 30.2 Å². The molecule has 1 aliphatic rings. The second-order valence-electron chi connectivity index (χ2n) is 5.38. The van der Waals surface area contributed by atoms with Gasteiger partial charge in [0.05, 0.1) is 0 Å². The number of para-hydroxylation sites is 1. The Morgan fingerprint density at radius 3 is 2.86 bits per heavy atom. The zero-order chi connectivity index (χ0) is 14.8. The Kier molecular flexibility index (Phi) is 3.97. The normalized spacial score (nSPS) is 16.2. The summed E-state index contributed by atoms with van der Waals surface area (Å²) in [7, 11) is 1.86. The number of rotatable bonds is 3. The Balaban J connectivity index is 1.66. The molecular weight excluding hydrogens is 328 g/mol. The highest BCUT2D eigenvalue weighted by Crippen LogP contribution is 2.26. The van der Waals surface area contributed by atoms with Gasteiger partial charge in [0.25, 0.3) is 0 Å². The molecule has 3 nitrogen and oxygen atoms in total. The Morgan fingerprint density at radius 1 is 1.29 bits per heavy atom. The van der Waals surface area contributed by atoms with Gasteiger partial charge in [0.1, 0.15) is 6.04 Å². The molecule has 0 aliphatic carbocycles. The standard InChI is InChI=1S/C17H17BrN2O/c1-20(11-12-5-4-7-14(18)9-12)17(21)16-10-13-6-2-3-8-15(13)19-16/h2-9,16,19H,10-11H2,1H3/t16-/m0/s1. The Bertz CT molecular complexity index is 646. The van der Waals surface area contributed by atoms with Crippen molar-refractivity contribution in [3.8, 4) is 0 Å². The van der Waals surface area contributed by atoms with E-state index in [4.69, 9.17) is 0 Å². The molecule has 2 aromatic rings. The lowest BCUT2D eigenvalue weighted by Crippen LogP contribution is -2.39. The molecule has 0 radical (unpaired) electrons. The van der Waals surface area contributed by atoms with Gasteiger partial charge in [-0.05, 0) is 29.3 Å². The van der Waals surface area contributed by atoms with E-state index in [0.29, 0.717) is 6.54 Å². The quantitative estimate of drug-likeness (QED) is 0.924. The number of carbonyl (C=O) groups is 1. The van der Waals surface area contributed by atoms with Crippen molar-refractivity contribution in [1.82, 2.24) is 4.90 Å². The number of halogens is 1. The summed E-state index contributed by atoms with van der Waals surface area (Å²) in [6.45, 7) is 0.618. The fourth-order valence-corrected chi connectivity index (χ4v) is 3.15. The number of nitrogens with one attached hydrogen (secondary N) is 1. The van der Waals surface area contributed by atoms with Gasteiger partial charge in [-0.1, -0.05) is 46.3 Å². The summed E-state index contributed by atoms with van der Waals surface area (Å²) in [6.07, 6.45) is 0.762. The fourth-order valence-electron chi connectivity index (χ4n) is 2.70. The molecule has 2 aromatic carbocycles. The van der Waals surface area contributed by atoms with Crippen molar-refractivity contribution in [3.05, 3.63) is 64.1 Å². The van der Waals surface area contributed by atoms with Crippen LogP contribution < -0.4 is 5.32 Å². The first-order valence-electron chi connectivity index (χ1n) is 6.97. The average Bonchev–Trinajstić information content (AvgIpc) is 2.90. The van der Waals surface area contributed by atoms with E-state index in [1.54, 1.807) is 4.90 Å². The third-order valence-corrected chi connectivity index (χ3v) is 4.25. The molecule has 1 N–H and O–H groups in total. The third-order valence-electron chi connectivity index (χ3n) is 3.75. The number of hydrogen-bond acceptors (Lipinski definition) is 2. The van der Waals surface area contributed by atoms with E-state index in [0.717, 1.165) is 22.1 Å². The summed E-state index contributed by atoms with van der Waals surface area (Å²) in [5, 5.41) is 3.31. The molecule has 21 heavy (non-hydrogen) atoms. The number of carbonyl (C=O) groups excluding carboxylic acids is 1. The molecule has 0 saturated heterocycles. The maximum absolute atomic E-state index is 12.6. The van der Waals surface area contributed by atoms with Crippen LogP contribution in [-0.4, -0.2) is 23.9 Å². The van der Waals surface area contributed by atoms with Crippen molar-refractivity contribution in [2.24, 2.45) is 0 Å². The van der Waals surface area contributed by atoms with Gasteiger partial charge in [-0.2, -0.15) is 0 Å². The molecule has 0 aromatic heterocycles. The molecule has 1 heterocycles. The third kappa shape index (κ3) is 3.10. The molecule has 3 rings (SSSR count). The maximum Gasteiger partial charge on any atom is 0.245 e. The lowest BCUT2D eigenvalue weighted by atomic mass is 10.1. The SMILES string of the molecule is CN(Cc1cccc(Br)c1)C(=O)[C@@H]1Cc2ccccc2N1. The first-order chi connectivity index (χ1) is 10.1. The molecule has 0 spiro atoms.